The van der Waals surface area contributed by atoms with Gasteiger partial charge in [-0.05, 0) is 60.7 Å². The Kier molecular flexibility index (Phi) is 7.06. The molecule has 2 heterocycles. The Balaban J connectivity index is 1.29. The number of aromatic nitrogens is 2. The number of fused-ring (bicyclic) bond motifs is 1. The second-order valence-electron chi connectivity index (χ2n) is 7.17. The predicted octanol–water partition coefficient (Wildman–Crippen LogP) is 5.19. The zero-order valence-electron chi connectivity index (χ0n) is 17.8. The van der Waals surface area contributed by atoms with Gasteiger partial charge in [0.25, 0.3) is 5.91 Å². The van der Waals surface area contributed by atoms with Crippen molar-refractivity contribution in [2.24, 2.45) is 0 Å². The molecule has 33 heavy (non-hydrogen) atoms. The van der Waals surface area contributed by atoms with Gasteiger partial charge < -0.3 is 20.4 Å². The summed E-state index contributed by atoms with van der Waals surface area (Å²) in [5.41, 5.74) is 3.77. The average Bonchev–Trinajstić information content (AvgIpc) is 3.26. The van der Waals surface area contributed by atoms with Crippen LogP contribution in [0.25, 0.3) is 5.65 Å². The number of benzene rings is 2. The number of rotatable bonds is 8. The molecule has 0 aliphatic heterocycles. The minimum atomic E-state index is -0.314. The van der Waals surface area contributed by atoms with E-state index in [4.69, 9.17) is 0 Å². The van der Waals surface area contributed by atoms with Gasteiger partial charge in [0.1, 0.15) is 5.65 Å². The van der Waals surface area contributed by atoms with Gasteiger partial charge in [-0.2, -0.15) is 0 Å². The zero-order valence-corrected chi connectivity index (χ0v) is 18.6. The molecule has 0 aliphatic rings. The minimum absolute atomic E-state index is 0.198. The smallest absolute Gasteiger partial charge is 0.319 e. The van der Waals surface area contributed by atoms with Crippen LogP contribution in [0.2, 0.25) is 0 Å². The maximum Gasteiger partial charge on any atom is 0.319 e. The third-order valence-electron chi connectivity index (χ3n) is 4.72. The fourth-order valence-electron chi connectivity index (χ4n) is 3.10. The van der Waals surface area contributed by atoms with Gasteiger partial charge in [0.05, 0.1) is 5.69 Å². The molecule has 2 aromatic carbocycles. The van der Waals surface area contributed by atoms with E-state index in [1.54, 1.807) is 54.2 Å². The molecule has 3 N–H and O–H groups in total. The number of thioether (sulfide) groups is 1. The summed E-state index contributed by atoms with van der Waals surface area (Å²) in [5.74, 6) is 0.551. The van der Waals surface area contributed by atoms with Crippen LogP contribution in [-0.2, 0) is 5.75 Å². The van der Waals surface area contributed by atoms with Gasteiger partial charge >= 0.3 is 6.03 Å². The molecule has 7 nitrogen and oxygen atoms in total. The Morgan fingerprint density at radius 1 is 0.970 bits per heavy atom. The van der Waals surface area contributed by atoms with E-state index < -0.39 is 0 Å². The van der Waals surface area contributed by atoms with Gasteiger partial charge in [0.15, 0.2) is 0 Å². The molecule has 0 saturated carbocycles. The molecule has 0 spiro atoms. The number of nitrogens with one attached hydrogen (secondary N) is 3. The summed E-state index contributed by atoms with van der Waals surface area (Å²) in [5, 5.41) is 8.21. The van der Waals surface area contributed by atoms with Crippen LogP contribution in [0.15, 0.2) is 96.7 Å². The maximum absolute atomic E-state index is 12.6. The number of urea groups is 1. The summed E-state index contributed by atoms with van der Waals surface area (Å²) in [4.78, 5) is 29.9. The normalized spacial score (nSPS) is 10.5. The summed E-state index contributed by atoms with van der Waals surface area (Å²) in [6.07, 6.45) is 5.61. The summed E-state index contributed by atoms with van der Waals surface area (Å²) in [6, 6.07) is 20.0. The van der Waals surface area contributed by atoms with Crippen LogP contribution in [0.3, 0.4) is 0 Å². The van der Waals surface area contributed by atoms with Crippen LogP contribution in [0.4, 0.5) is 16.2 Å². The number of hydrogen-bond acceptors (Lipinski definition) is 4. The van der Waals surface area contributed by atoms with E-state index in [9.17, 15) is 9.59 Å². The first-order valence-corrected chi connectivity index (χ1v) is 11.3. The Hall–Kier alpha value is -4.04. The van der Waals surface area contributed by atoms with Gasteiger partial charge in [0.2, 0.25) is 0 Å². The van der Waals surface area contributed by atoms with Crippen molar-refractivity contribution < 1.29 is 9.59 Å². The van der Waals surface area contributed by atoms with Crippen LogP contribution in [0.5, 0.6) is 0 Å². The van der Waals surface area contributed by atoms with Gasteiger partial charge in [-0.25, -0.2) is 9.78 Å². The first kappa shape index (κ1) is 22.2. The highest BCUT2D eigenvalue weighted by atomic mass is 32.2. The molecule has 0 radical (unpaired) electrons. The summed E-state index contributed by atoms with van der Waals surface area (Å²) in [7, 11) is 0. The highest BCUT2D eigenvalue weighted by Gasteiger charge is 2.08. The quantitative estimate of drug-likeness (QED) is 0.251. The van der Waals surface area contributed by atoms with Crippen molar-refractivity contribution in [3.63, 3.8) is 0 Å². The van der Waals surface area contributed by atoms with Crippen molar-refractivity contribution in [2.45, 2.75) is 10.6 Å². The summed E-state index contributed by atoms with van der Waals surface area (Å²) >= 11 is 1.67. The van der Waals surface area contributed by atoms with Gasteiger partial charge in [-0.15, -0.1) is 18.3 Å². The Bertz CT molecular complexity index is 1230. The molecule has 0 bridgehead atoms. The number of anilines is 2. The fraction of sp³-hybridized carbons (Fsp3) is 0.0800. The molecule has 0 atom stereocenters. The summed E-state index contributed by atoms with van der Waals surface area (Å²) < 4.78 is 2.00. The lowest BCUT2D eigenvalue weighted by Gasteiger charge is -2.09. The standard InChI is InChI=1S/C25H23N5O2S/c1-2-14-26-25(32)29-20-10-8-19(9-11-20)28-24(31)18-6-12-22(13-7-18)33-17-21-16-30-15-4-3-5-23(30)27-21/h2-13,15-16H,1,14,17H2,(H,28,31)(H2,26,29,32). The molecule has 0 unspecified atom stereocenters. The van der Waals surface area contributed by atoms with Crippen molar-refractivity contribution in [2.75, 3.05) is 17.2 Å². The Labute approximate surface area is 195 Å². The first-order chi connectivity index (χ1) is 16.1. The second-order valence-corrected chi connectivity index (χ2v) is 8.22. The van der Waals surface area contributed by atoms with Crippen LogP contribution in [0, 0.1) is 0 Å². The molecule has 0 saturated heterocycles. The van der Waals surface area contributed by atoms with Gasteiger partial charge in [-0.1, -0.05) is 12.1 Å². The van der Waals surface area contributed by atoms with Crippen molar-refractivity contribution in [1.82, 2.24) is 14.7 Å². The lowest BCUT2D eigenvalue weighted by atomic mass is 10.2. The number of pyridine rings is 1. The molecular weight excluding hydrogens is 434 g/mol. The number of nitrogens with zero attached hydrogens (tertiary/aromatic N) is 2. The predicted molar refractivity (Wildman–Crippen MR) is 133 cm³/mol. The molecular formula is C25H23N5O2S. The minimum Gasteiger partial charge on any atom is -0.334 e. The highest BCUT2D eigenvalue weighted by Crippen LogP contribution is 2.23. The van der Waals surface area contributed by atoms with E-state index in [0.29, 0.717) is 23.5 Å². The number of amides is 3. The number of carbonyl (C=O) groups excluding carboxylic acids is 2. The Morgan fingerprint density at radius 3 is 2.39 bits per heavy atom. The van der Waals surface area contributed by atoms with Crippen molar-refractivity contribution in [3.05, 3.63) is 103 Å². The SMILES string of the molecule is C=CCNC(=O)Nc1ccc(NC(=O)c2ccc(SCc3cn4ccccc4n3)cc2)cc1. The lowest BCUT2D eigenvalue weighted by Crippen LogP contribution is -2.28. The maximum atomic E-state index is 12.6. The number of hydrogen-bond donors (Lipinski definition) is 3. The average molecular weight is 458 g/mol. The van der Waals surface area contributed by atoms with Crippen LogP contribution in [-0.4, -0.2) is 27.9 Å². The third-order valence-corrected chi connectivity index (χ3v) is 5.77. The zero-order chi connectivity index (χ0) is 23.0. The molecule has 4 rings (SSSR count). The van der Waals surface area contributed by atoms with E-state index in [-0.39, 0.29) is 11.9 Å². The number of carbonyl (C=O) groups is 2. The second kappa shape index (κ2) is 10.5. The van der Waals surface area contributed by atoms with Crippen LogP contribution < -0.4 is 16.0 Å². The van der Waals surface area contributed by atoms with Crippen molar-refractivity contribution in [3.8, 4) is 0 Å². The first-order valence-electron chi connectivity index (χ1n) is 10.3. The molecule has 4 aromatic rings. The summed E-state index contributed by atoms with van der Waals surface area (Å²) in [6.45, 7) is 3.94. The van der Waals surface area contributed by atoms with Gasteiger partial charge in [0, 0.05) is 46.5 Å². The largest absolute Gasteiger partial charge is 0.334 e. The molecule has 166 valence electrons. The van der Waals surface area contributed by atoms with E-state index >= 15 is 0 Å². The monoisotopic (exact) mass is 457 g/mol. The topological polar surface area (TPSA) is 87.5 Å². The Morgan fingerprint density at radius 2 is 1.70 bits per heavy atom. The van der Waals surface area contributed by atoms with E-state index in [1.165, 1.54) is 0 Å². The van der Waals surface area contributed by atoms with Crippen LogP contribution >= 0.6 is 11.8 Å². The fourth-order valence-corrected chi connectivity index (χ4v) is 3.88. The van der Waals surface area contributed by atoms with E-state index in [1.807, 2.05) is 47.1 Å². The van der Waals surface area contributed by atoms with Crippen LogP contribution in [0.1, 0.15) is 16.1 Å². The third kappa shape index (κ3) is 6.02. The molecule has 8 heteroatoms. The molecule has 2 aromatic heterocycles. The number of imidazole rings is 1. The van der Waals surface area contributed by atoms with Crippen molar-refractivity contribution >= 4 is 40.7 Å². The van der Waals surface area contributed by atoms with Gasteiger partial charge in [-0.3, -0.25) is 4.79 Å². The van der Waals surface area contributed by atoms with E-state index in [2.05, 4.69) is 27.5 Å². The van der Waals surface area contributed by atoms with E-state index in [0.717, 1.165) is 22.0 Å². The highest BCUT2D eigenvalue weighted by molar-refractivity contribution is 7.98. The molecule has 0 fully saturated rings. The lowest BCUT2D eigenvalue weighted by molar-refractivity contribution is 0.102. The molecule has 3 amide bonds. The molecule has 0 aliphatic carbocycles. The van der Waals surface area contributed by atoms with Crippen molar-refractivity contribution in [1.29, 1.82) is 0 Å².